The van der Waals surface area contributed by atoms with E-state index in [9.17, 15) is 13.2 Å². The number of nitrogens with one attached hydrogen (secondary N) is 1. The normalized spacial score (nSPS) is 12.2. The Balaban J connectivity index is 2.27. The van der Waals surface area contributed by atoms with Gasteiger partial charge in [-0.25, -0.2) is 8.42 Å². The summed E-state index contributed by atoms with van der Waals surface area (Å²) < 4.78 is 36.3. The van der Waals surface area contributed by atoms with Gasteiger partial charge in [0.1, 0.15) is 18.0 Å². The average Bonchev–Trinajstić information content (AvgIpc) is 2.66. The van der Waals surface area contributed by atoms with Crippen molar-refractivity contribution in [2.24, 2.45) is 0 Å². The Hall–Kier alpha value is -2.74. The van der Waals surface area contributed by atoms with Gasteiger partial charge in [-0.2, -0.15) is 0 Å². The number of amides is 1. The third-order valence-electron chi connectivity index (χ3n) is 4.75. The number of ether oxygens (including phenoxy) is 2. The summed E-state index contributed by atoms with van der Waals surface area (Å²) in [6.07, 6.45) is 1.05. The van der Waals surface area contributed by atoms with Crippen molar-refractivity contribution in [3.05, 3.63) is 53.1 Å². The number of anilines is 1. The van der Waals surface area contributed by atoms with Gasteiger partial charge in [0.05, 0.1) is 32.2 Å². The van der Waals surface area contributed by atoms with Crippen LogP contribution in [-0.4, -0.2) is 41.3 Å². The number of hydrogen-bond acceptors (Lipinski definition) is 5. The number of aryl methyl sites for hydroxylation is 2. The molecule has 0 saturated carbocycles. The molecule has 1 atom stereocenters. The van der Waals surface area contributed by atoms with Gasteiger partial charge in [-0.15, -0.1) is 0 Å². The van der Waals surface area contributed by atoms with Gasteiger partial charge in [0.2, 0.25) is 15.9 Å². The second kappa shape index (κ2) is 9.17. The monoisotopic (exact) mass is 420 g/mol. The smallest absolute Gasteiger partial charge is 0.241 e. The molecule has 7 nitrogen and oxygen atoms in total. The van der Waals surface area contributed by atoms with Crippen molar-refractivity contribution in [3.63, 3.8) is 0 Å². The van der Waals surface area contributed by atoms with Crippen LogP contribution in [0.2, 0.25) is 0 Å². The molecule has 1 amide bonds. The molecule has 0 heterocycles. The van der Waals surface area contributed by atoms with E-state index in [2.05, 4.69) is 5.32 Å². The van der Waals surface area contributed by atoms with E-state index in [4.69, 9.17) is 9.47 Å². The van der Waals surface area contributed by atoms with Crippen LogP contribution in [0.1, 0.15) is 29.7 Å². The summed E-state index contributed by atoms with van der Waals surface area (Å²) in [4.78, 5) is 12.7. The van der Waals surface area contributed by atoms with Gasteiger partial charge in [-0.05, 0) is 49.6 Å². The Bertz CT molecular complexity index is 989. The van der Waals surface area contributed by atoms with Crippen molar-refractivity contribution < 1.29 is 22.7 Å². The highest BCUT2D eigenvalue weighted by atomic mass is 32.2. The number of methoxy groups -OCH3 is 2. The SMILES string of the molecule is COc1ccc(OC)c(N(CC(=O)N[C@@H](C)c2ccc(C)c(C)c2)S(C)(=O)=O)c1. The average molecular weight is 421 g/mol. The molecule has 0 aliphatic carbocycles. The highest BCUT2D eigenvalue weighted by Crippen LogP contribution is 2.33. The summed E-state index contributed by atoms with van der Waals surface area (Å²) in [6.45, 7) is 5.51. The molecule has 2 aromatic rings. The number of benzene rings is 2. The zero-order valence-corrected chi connectivity index (χ0v) is 18.5. The van der Waals surface area contributed by atoms with Gasteiger partial charge in [0, 0.05) is 6.07 Å². The Morgan fingerprint density at radius 1 is 1.07 bits per heavy atom. The van der Waals surface area contributed by atoms with Crippen molar-refractivity contribution >= 4 is 21.6 Å². The predicted octanol–water partition coefficient (Wildman–Crippen LogP) is 2.96. The molecule has 2 rings (SSSR count). The van der Waals surface area contributed by atoms with Crippen molar-refractivity contribution in [1.29, 1.82) is 0 Å². The maximum atomic E-state index is 12.7. The van der Waals surface area contributed by atoms with E-state index in [0.717, 1.165) is 21.7 Å². The maximum Gasteiger partial charge on any atom is 0.241 e. The zero-order chi connectivity index (χ0) is 21.8. The van der Waals surface area contributed by atoms with Crippen LogP contribution in [0.4, 0.5) is 5.69 Å². The lowest BCUT2D eigenvalue weighted by atomic mass is 10.0. The molecule has 0 unspecified atom stereocenters. The fraction of sp³-hybridized carbons (Fsp3) is 0.381. The van der Waals surface area contributed by atoms with Gasteiger partial charge < -0.3 is 14.8 Å². The highest BCUT2D eigenvalue weighted by Gasteiger charge is 2.25. The van der Waals surface area contributed by atoms with E-state index in [-0.39, 0.29) is 18.3 Å². The second-order valence-electron chi connectivity index (χ2n) is 6.94. The minimum absolute atomic E-state index is 0.239. The van der Waals surface area contributed by atoms with Crippen molar-refractivity contribution in [3.8, 4) is 11.5 Å². The number of hydrogen-bond donors (Lipinski definition) is 1. The standard InChI is InChI=1S/C21H28N2O5S/c1-14-7-8-17(11-15(14)2)16(3)22-21(24)13-23(29(6,25)26)19-12-18(27-4)9-10-20(19)28-5/h7-12,16H,13H2,1-6H3,(H,22,24)/t16-/m0/s1. The van der Waals surface area contributed by atoms with Crippen LogP contribution in [-0.2, 0) is 14.8 Å². The van der Waals surface area contributed by atoms with E-state index < -0.39 is 15.9 Å². The van der Waals surface area contributed by atoms with Gasteiger partial charge in [0.25, 0.3) is 0 Å². The van der Waals surface area contributed by atoms with Crippen molar-refractivity contribution in [2.75, 3.05) is 31.3 Å². The summed E-state index contributed by atoms with van der Waals surface area (Å²) in [7, 11) is -0.828. The van der Waals surface area contributed by atoms with Crippen LogP contribution < -0.4 is 19.1 Å². The molecule has 29 heavy (non-hydrogen) atoms. The van der Waals surface area contributed by atoms with Crippen LogP contribution in [0, 0.1) is 13.8 Å². The van der Waals surface area contributed by atoms with Crippen molar-refractivity contribution in [1.82, 2.24) is 5.32 Å². The minimum atomic E-state index is -3.75. The first-order valence-electron chi connectivity index (χ1n) is 9.13. The topological polar surface area (TPSA) is 84.9 Å². The summed E-state index contributed by atoms with van der Waals surface area (Å²) in [5, 5.41) is 2.86. The Morgan fingerprint density at radius 3 is 2.31 bits per heavy atom. The molecule has 158 valence electrons. The van der Waals surface area contributed by atoms with Crippen molar-refractivity contribution in [2.45, 2.75) is 26.8 Å². The molecule has 0 bridgehead atoms. The molecular weight excluding hydrogens is 392 g/mol. The Labute approximate surface area is 172 Å². The van der Waals surface area contributed by atoms with Crippen LogP contribution in [0.25, 0.3) is 0 Å². The highest BCUT2D eigenvalue weighted by molar-refractivity contribution is 7.92. The first kappa shape index (κ1) is 22.5. The molecule has 0 saturated heterocycles. The van der Waals surface area contributed by atoms with Gasteiger partial charge in [0.15, 0.2) is 0 Å². The molecule has 0 aromatic heterocycles. The first-order chi connectivity index (χ1) is 13.6. The summed E-state index contributed by atoms with van der Waals surface area (Å²) in [5.74, 6) is 0.357. The molecular formula is C21H28N2O5S. The quantitative estimate of drug-likeness (QED) is 0.710. The molecule has 2 aromatic carbocycles. The third-order valence-corrected chi connectivity index (χ3v) is 5.88. The number of carbonyl (C=O) groups excluding carboxylic acids is 1. The van der Waals surface area contributed by atoms with E-state index in [1.807, 2.05) is 39.0 Å². The molecule has 0 aliphatic heterocycles. The second-order valence-corrected chi connectivity index (χ2v) is 8.85. The van der Waals surface area contributed by atoms with E-state index >= 15 is 0 Å². The predicted molar refractivity (Wildman–Crippen MR) is 114 cm³/mol. The first-order valence-corrected chi connectivity index (χ1v) is 11.0. The zero-order valence-electron chi connectivity index (χ0n) is 17.6. The van der Waals surface area contributed by atoms with Crippen LogP contribution in [0.5, 0.6) is 11.5 Å². The lowest BCUT2D eigenvalue weighted by Gasteiger charge is -2.25. The van der Waals surface area contributed by atoms with Gasteiger partial charge in [-0.1, -0.05) is 18.2 Å². The summed E-state index contributed by atoms with van der Waals surface area (Å²) in [6, 6.07) is 10.5. The fourth-order valence-corrected chi connectivity index (χ4v) is 3.76. The lowest BCUT2D eigenvalue weighted by Crippen LogP contribution is -2.41. The maximum absolute atomic E-state index is 12.7. The molecule has 0 aliphatic rings. The molecule has 1 N–H and O–H groups in total. The number of sulfonamides is 1. The summed E-state index contributed by atoms with van der Waals surface area (Å²) >= 11 is 0. The van der Waals surface area contributed by atoms with Crippen LogP contribution in [0.3, 0.4) is 0 Å². The van der Waals surface area contributed by atoms with E-state index in [0.29, 0.717) is 11.5 Å². The van der Waals surface area contributed by atoms with E-state index in [1.165, 1.54) is 25.8 Å². The lowest BCUT2D eigenvalue weighted by molar-refractivity contribution is -0.120. The minimum Gasteiger partial charge on any atom is -0.497 e. The van der Waals surface area contributed by atoms with Gasteiger partial charge in [-0.3, -0.25) is 9.10 Å². The number of nitrogens with zero attached hydrogens (tertiary/aromatic N) is 1. The molecule has 0 fully saturated rings. The van der Waals surface area contributed by atoms with Gasteiger partial charge >= 0.3 is 0 Å². The Kier molecular flexibility index (Phi) is 7.13. The molecule has 0 radical (unpaired) electrons. The fourth-order valence-electron chi connectivity index (χ4n) is 2.91. The largest absolute Gasteiger partial charge is 0.497 e. The number of rotatable bonds is 8. The van der Waals surface area contributed by atoms with Crippen LogP contribution in [0.15, 0.2) is 36.4 Å². The number of carbonyl (C=O) groups is 1. The van der Waals surface area contributed by atoms with Crippen LogP contribution >= 0.6 is 0 Å². The third kappa shape index (κ3) is 5.63. The molecule has 0 spiro atoms. The Morgan fingerprint density at radius 2 is 1.76 bits per heavy atom. The summed E-state index contributed by atoms with van der Waals surface area (Å²) in [5.41, 5.74) is 3.48. The van der Waals surface area contributed by atoms with E-state index in [1.54, 1.807) is 12.1 Å². The molecule has 8 heteroatoms.